The quantitative estimate of drug-likeness (QED) is 0.741. The highest BCUT2D eigenvalue weighted by Gasteiger charge is 2.09. The summed E-state index contributed by atoms with van der Waals surface area (Å²) in [5.41, 5.74) is 0.853. The van der Waals surface area contributed by atoms with E-state index in [2.05, 4.69) is 5.32 Å². The van der Waals surface area contributed by atoms with Crippen molar-refractivity contribution in [2.24, 2.45) is 0 Å². The second-order valence-corrected chi connectivity index (χ2v) is 4.22. The van der Waals surface area contributed by atoms with Crippen LogP contribution in [-0.4, -0.2) is 38.0 Å². The van der Waals surface area contributed by atoms with E-state index in [1.54, 1.807) is 7.11 Å². The minimum atomic E-state index is -0.533. The fourth-order valence-corrected chi connectivity index (χ4v) is 1.73. The second kappa shape index (κ2) is 8.08. The zero-order valence-electron chi connectivity index (χ0n) is 11.3. The van der Waals surface area contributed by atoms with Gasteiger partial charge in [-0.25, -0.2) is 0 Å². The number of ether oxygens (including phenoxy) is 2. The van der Waals surface area contributed by atoms with E-state index in [0.717, 1.165) is 17.9 Å². The summed E-state index contributed by atoms with van der Waals surface area (Å²) < 4.78 is 10.5. The van der Waals surface area contributed by atoms with Crippen LogP contribution in [0.3, 0.4) is 0 Å². The van der Waals surface area contributed by atoms with Crippen molar-refractivity contribution >= 4 is 0 Å². The summed E-state index contributed by atoms with van der Waals surface area (Å²) >= 11 is 0. The van der Waals surface area contributed by atoms with Crippen LogP contribution in [-0.2, 0) is 4.74 Å². The van der Waals surface area contributed by atoms with Crippen LogP contribution in [0.25, 0.3) is 0 Å². The van der Waals surface area contributed by atoms with Gasteiger partial charge in [0.2, 0.25) is 0 Å². The van der Waals surface area contributed by atoms with Crippen LogP contribution in [0.4, 0.5) is 0 Å². The van der Waals surface area contributed by atoms with Crippen LogP contribution >= 0.6 is 0 Å². The maximum Gasteiger partial charge on any atom is 0.119 e. The lowest BCUT2D eigenvalue weighted by molar-refractivity contribution is 0.0723. The van der Waals surface area contributed by atoms with Crippen molar-refractivity contribution in [3.63, 3.8) is 0 Å². The van der Waals surface area contributed by atoms with E-state index in [-0.39, 0.29) is 6.10 Å². The molecule has 0 radical (unpaired) electrons. The Morgan fingerprint density at radius 1 is 1.33 bits per heavy atom. The average molecular weight is 253 g/mol. The highest BCUT2D eigenvalue weighted by atomic mass is 16.5. The SMILES string of the molecule is CCOC(C)CNCC(O)c1cccc(OC)c1. The van der Waals surface area contributed by atoms with Gasteiger partial charge in [0.25, 0.3) is 0 Å². The standard InChI is InChI=1S/C14H23NO3/c1-4-18-11(2)9-15-10-14(16)12-6-5-7-13(8-12)17-3/h5-8,11,14-16H,4,9-10H2,1-3H3. The zero-order chi connectivity index (χ0) is 13.4. The maximum atomic E-state index is 10.0. The Balaban J connectivity index is 2.37. The minimum absolute atomic E-state index is 0.160. The number of rotatable bonds is 8. The van der Waals surface area contributed by atoms with Gasteiger partial charge in [-0.2, -0.15) is 0 Å². The van der Waals surface area contributed by atoms with Gasteiger partial charge in [0, 0.05) is 19.7 Å². The van der Waals surface area contributed by atoms with Crippen LogP contribution in [0.5, 0.6) is 5.75 Å². The van der Waals surface area contributed by atoms with E-state index >= 15 is 0 Å². The molecule has 102 valence electrons. The first-order valence-corrected chi connectivity index (χ1v) is 6.31. The Labute approximate surface area is 109 Å². The molecule has 0 amide bonds. The number of methoxy groups -OCH3 is 1. The fraction of sp³-hybridized carbons (Fsp3) is 0.571. The van der Waals surface area contributed by atoms with E-state index in [4.69, 9.17) is 9.47 Å². The maximum absolute atomic E-state index is 10.0. The lowest BCUT2D eigenvalue weighted by Crippen LogP contribution is -2.30. The molecule has 0 aliphatic rings. The molecule has 0 heterocycles. The monoisotopic (exact) mass is 253 g/mol. The molecule has 0 bridgehead atoms. The summed E-state index contributed by atoms with van der Waals surface area (Å²) in [6.07, 6.45) is -0.374. The third-order valence-electron chi connectivity index (χ3n) is 2.70. The normalized spacial score (nSPS) is 14.2. The van der Waals surface area contributed by atoms with Crippen LogP contribution in [0.15, 0.2) is 24.3 Å². The Morgan fingerprint density at radius 3 is 2.78 bits per heavy atom. The van der Waals surface area contributed by atoms with Gasteiger partial charge in [0.15, 0.2) is 0 Å². The molecular weight excluding hydrogens is 230 g/mol. The molecule has 0 aliphatic heterocycles. The van der Waals surface area contributed by atoms with Crippen LogP contribution in [0, 0.1) is 0 Å². The Kier molecular flexibility index (Phi) is 6.72. The highest BCUT2D eigenvalue weighted by molar-refractivity contribution is 5.29. The molecule has 1 rings (SSSR count). The van der Waals surface area contributed by atoms with Gasteiger partial charge in [-0.05, 0) is 31.5 Å². The van der Waals surface area contributed by atoms with Crippen molar-refractivity contribution in [3.8, 4) is 5.75 Å². The van der Waals surface area contributed by atoms with Crippen molar-refractivity contribution in [2.45, 2.75) is 26.1 Å². The van der Waals surface area contributed by atoms with Crippen molar-refractivity contribution < 1.29 is 14.6 Å². The molecule has 0 saturated carbocycles. The fourth-order valence-electron chi connectivity index (χ4n) is 1.73. The first-order chi connectivity index (χ1) is 8.67. The topological polar surface area (TPSA) is 50.7 Å². The van der Waals surface area contributed by atoms with Gasteiger partial charge >= 0.3 is 0 Å². The summed E-state index contributed by atoms with van der Waals surface area (Å²) in [7, 11) is 1.62. The van der Waals surface area contributed by atoms with Gasteiger partial charge in [0.05, 0.1) is 19.3 Å². The largest absolute Gasteiger partial charge is 0.497 e. The van der Waals surface area contributed by atoms with Gasteiger partial charge in [-0.15, -0.1) is 0 Å². The number of hydrogen-bond donors (Lipinski definition) is 2. The molecule has 0 aliphatic carbocycles. The molecule has 1 aromatic rings. The minimum Gasteiger partial charge on any atom is -0.497 e. The van der Waals surface area contributed by atoms with Crippen LogP contribution < -0.4 is 10.1 Å². The molecule has 4 nitrogen and oxygen atoms in total. The number of aliphatic hydroxyl groups is 1. The van der Waals surface area contributed by atoms with E-state index in [1.165, 1.54) is 0 Å². The van der Waals surface area contributed by atoms with Gasteiger partial charge in [0.1, 0.15) is 5.75 Å². The third kappa shape index (κ3) is 5.04. The smallest absolute Gasteiger partial charge is 0.119 e. The van der Waals surface area contributed by atoms with Crippen molar-refractivity contribution in [3.05, 3.63) is 29.8 Å². The third-order valence-corrected chi connectivity index (χ3v) is 2.70. The molecule has 4 heteroatoms. The number of hydrogen-bond acceptors (Lipinski definition) is 4. The summed E-state index contributed by atoms with van der Waals surface area (Å²) in [4.78, 5) is 0. The number of nitrogens with one attached hydrogen (secondary N) is 1. The van der Waals surface area contributed by atoms with Crippen LogP contribution in [0.2, 0.25) is 0 Å². The zero-order valence-corrected chi connectivity index (χ0v) is 11.3. The lowest BCUT2D eigenvalue weighted by Gasteiger charge is -2.16. The van der Waals surface area contributed by atoms with E-state index in [1.807, 2.05) is 38.1 Å². The Hall–Kier alpha value is -1.10. The molecule has 1 aromatic carbocycles. The summed E-state index contributed by atoms with van der Waals surface area (Å²) in [6.45, 7) is 5.93. The van der Waals surface area contributed by atoms with Gasteiger partial charge in [-0.3, -0.25) is 0 Å². The second-order valence-electron chi connectivity index (χ2n) is 4.22. The molecular formula is C14H23NO3. The Morgan fingerprint density at radius 2 is 2.11 bits per heavy atom. The summed E-state index contributed by atoms with van der Waals surface area (Å²) in [6, 6.07) is 7.47. The molecule has 18 heavy (non-hydrogen) atoms. The van der Waals surface area contributed by atoms with E-state index in [9.17, 15) is 5.11 Å². The predicted octanol–water partition coefficient (Wildman–Crippen LogP) is 1.74. The number of aliphatic hydroxyl groups excluding tert-OH is 1. The van der Waals surface area contributed by atoms with Gasteiger partial charge < -0.3 is 19.9 Å². The highest BCUT2D eigenvalue weighted by Crippen LogP contribution is 2.18. The molecule has 0 aromatic heterocycles. The van der Waals surface area contributed by atoms with Crippen LogP contribution in [0.1, 0.15) is 25.5 Å². The Bertz CT molecular complexity index is 344. The van der Waals surface area contributed by atoms with Crippen molar-refractivity contribution in [1.82, 2.24) is 5.32 Å². The number of benzene rings is 1. The van der Waals surface area contributed by atoms with Crippen molar-refractivity contribution in [2.75, 3.05) is 26.8 Å². The van der Waals surface area contributed by atoms with Crippen molar-refractivity contribution in [1.29, 1.82) is 0 Å². The molecule has 0 fully saturated rings. The predicted molar refractivity (Wildman–Crippen MR) is 71.9 cm³/mol. The molecule has 0 saturated heterocycles. The summed E-state index contributed by atoms with van der Waals surface area (Å²) in [5.74, 6) is 0.759. The molecule has 0 spiro atoms. The molecule has 2 atom stereocenters. The first kappa shape index (κ1) is 15.0. The lowest BCUT2D eigenvalue weighted by atomic mass is 10.1. The van der Waals surface area contributed by atoms with E-state index < -0.39 is 6.10 Å². The van der Waals surface area contributed by atoms with Gasteiger partial charge in [-0.1, -0.05) is 12.1 Å². The average Bonchev–Trinajstić information content (AvgIpc) is 2.39. The molecule has 2 N–H and O–H groups in total. The first-order valence-electron chi connectivity index (χ1n) is 6.31. The molecule has 2 unspecified atom stereocenters. The summed E-state index contributed by atoms with van der Waals surface area (Å²) in [5, 5.41) is 13.2. The van der Waals surface area contributed by atoms with E-state index in [0.29, 0.717) is 13.2 Å².